The fraction of sp³-hybridized carbons (Fsp3) is 0.429. The second-order valence-electron chi connectivity index (χ2n) is 9.73. The minimum absolute atomic E-state index is 0.0487. The molecule has 3 heterocycles. The summed E-state index contributed by atoms with van der Waals surface area (Å²) in [5.74, 6) is 0. The van der Waals surface area contributed by atoms with Gasteiger partial charge in [0, 0.05) is 23.6 Å². The van der Waals surface area contributed by atoms with Crippen LogP contribution in [0, 0.1) is 27.7 Å². The Bertz CT molecular complexity index is 1140. The lowest BCUT2D eigenvalue weighted by atomic mass is 9.90. The van der Waals surface area contributed by atoms with Gasteiger partial charge in [0.05, 0.1) is 23.5 Å². The number of thiocarbonyl (C=S) groups is 1. The smallest absolute Gasteiger partial charge is 0.170 e. The Hall–Kier alpha value is -2.66. The molecule has 2 fully saturated rings. The molecular formula is C28H34N4S. The van der Waals surface area contributed by atoms with Crippen molar-refractivity contribution in [2.24, 2.45) is 0 Å². The van der Waals surface area contributed by atoms with Crippen molar-refractivity contribution in [2.45, 2.75) is 77.9 Å². The monoisotopic (exact) mass is 458 g/mol. The van der Waals surface area contributed by atoms with Crippen LogP contribution in [-0.4, -0.2) is 25.6 Å². The lowest BCUT2D eigenvalue weighted by molar-refractivity contribution is 0.197. The lowest BCUT2D eigenvalue weighted by Gasteiger charge is -2.37. The van der Waals surface area contributed by atoms with Gasteiger partial charge >= 0.3 is 0 Å². The highest BCUT2D eigenvalue weighted by molar-refractivity contribution is 7.80. The minimum Gasteiger partial charge on any atom is -0.352 e. The standard InChI is InChI=1S/C28H34N4S/c1-18-11-10-12-19(2)26(18)31-20(3)17-23(21(31)4)27-25(24-15-8-9-16-29-24)30-28(33)32(27)22-13-6-5-7-14-22/h8-12,15-17,22,25,27H,5-7,13-14H2,1-4H3,(H,30,33)/t25-,27+/m0/s1. The van der Waals surface area contributed by atoms with Crippen LogP contribution in [0.4, 0.5) is 0 Å². The summed E-state index contributed by atoms with van der Waals surface area (Å²) in [4.78, 5) is 7.26. The summed E-state index contributed by atoms with van der Waals surface area (Å²) in [6.07, 6.45) is 8.21. The Kier molecular flexibility index (Phi) is 6.00. The third-order valence-electron chi connectivity index (χ3n) is 7.56. The number of nitrogens with one attached hydrogen (secondary N) is 1. The van der Waals surface area contributed by atoms with Crippen molar-refractivity contribution in [3.05, 3.63) is 82.4 Å². The third kappa shape index (κ3) is 3.86. The van der Waals surface area contributed by atoms with Crippen molar-refractivity contribution < 1.29 is 0 Å². The van der Waals surface area contributed by atoms with Crippen LogP contribution in [0.5, 0.6) is 0 Å². The highest BCUT2D eigenvalue weighted by Gasteiger charge is 2.44. The molecule has 3 aromatic rings. The van der Waals surface area contributed by atoms with Crippen LogP contribution in [0.2, 0.25) is 0 Å². The van der Waals surface area contributed by atoms with Crippen molar-refractivity contribution in [3.8, 4) is 5.69 Å². The fourth-order valence-electron chi connectivity index (χ4n) is 6.04. The fourth-order valence-corrected chi connectivity index (χ4v) is 6.43. The normalized spacial score (nSPS) is 21.5. The molecule has 0 radical (unpaired) electrons. The van der Waals surface area contributed by atoms with Crippen molar-refractivity contribution in [2.75, 3.05) is 0 Å². The molecule has 2 aliphatic rings. The average molecular weight is 459 g/mol. The maximum atomic E-state index is 5.97. The van der Waals surface area contributed by atoms with Gasteiger partial charge in [0.1, 0.15) is 0 Å². The number of hydrogen-bond donors (Lipinski definition) is 1. The third-order valence-corrected chi connectivity index (χ3v) is 7.88. The molecule has 5 heteroatoms. The van der Waals surface area contributed by atoms with E-state index in [4.69, 9.17) is 17.2 Å². The van der Waals surface area contributed by atoms with Crippen LogP contribution in [0.15, 0.2) is 48.7 Å². The topological polar surface area (TPSA) is 33.1 Å². The summed E-state index contributed by atoms with van der Waals surface area (Å²) in [6, 6.07) is 15.8. The lowest BCUT2D eigenvalue weighted by Crippen LogP contribution is -2.40. The first-order valence-corrected chi connectivity index (χ1v) is 12.6. The molecule has 2 aromatic heterocycles. The molecule has 1 aliphatic heterocycles. The zero-order valence-corrected chi connectivity index (χ0v) is 21.0. The van der Waals surface area contributed by atoms with Gasteiger partial charge in [-0.05, 0) is 87.6 Å². The van der Waals surface area contributed by atoms with Gasteiger partial charge in [-0.1, -0.05) is 43.5 Å². The summed E-state index contributed by atoms with van der Waals surface area (Å²) in [7, 11) is 0. The number of pyridine rings is 1. The number of aromatic nitrogens is 2. The van der Waals surface area contributed by atoms with Gasteiger partial charge in [-0.3, -0.25) is 4.98 Å². The first-order chi connectivity index (χ1) is 16.0. The molecule has 0 amide bonds. The molecule has 4 nitrogen and oxygen atoms in total. The number of rotatable bonds is 4. The van der Waals surface area contributed by atoms with Gasteiger partial charge < -0.3 is 14.8 Å². The second kappa shape index (κ2) is 8.94. The van der Waals surface area contributed by atoms with E-state index in [2.05, 4.69) is 78.9 Å². The molecule has 0 spiro atoms. The zero-order chi connectivity index (χ0) is 23.1. The Morgan fingerprint density at radius 3 is 2.33 bits per heavy atom. The van der Waals surface area contributed by atoms with Crippen LogP contribution in [-0.2, 0) is 0 Å². The molecule has 5 rings (SSSR count). The molecule has 1 aromatic carbocycles. The predicted octanol–water partition coefficient (Wildman–Crippen LogP) is 6.41. The van der Waals surface area contributed by atoms with Gasteiger partial charge in [-0.2, -0.15) is 0 Å². The summed E-state index contributed by atoms with van der Waals surface area (Å²) < 4.78 is 2.44. The van der Waals surface area contributed by atoms with Crippen LogP contribution in [0.25, 0.3) is 5.69 Å². The average Bonchev–Trinajstić information content (AvgIpc) is 3.31. The van der Waals surface area contributed by atoms with Gasteiger partial charge in [0.2, 0.25) is 0 Å². The van der Waals surface area contributed by atoms with Crippen LogP contribution in [0.1, 0.15) is 78.0 Å². The zero-order valence-electron chi connectivity index (χ0n) is 20.1. The molecule has 0 bridgehead atoms. The van der Waals surface area contributed by atoms with E-state index in [-0.39, 0.29) is 12.1 Å². The molecule has 172 valence electrons. The number of para-hydroxylation sites is 1. The number of aryl methyl sites for hydroxylation is 3. The Morgan fingerprint density at radius 1 is 0.939 bits per heavy atom. The molecule has 1 aliphatic carbocycles. The van der Waals surface area contributed by atoms with Crippen LogP contribution in [0.3, 0.4) is 0 Å². The van der Waals surface area contributed by atoms with Crippen LogP contribution >= 0.6 is 12.2 Å². The first kappa shape index (κ1) is 22.1. The molecule has 1 saturated heterocycles. The molecule has 2 atom stereocenters. The van der Waals surface area contributed by atoms with E-state index in [1.54, 1.807) is 0 Å². The van der Waals surface area contributed by atoms with Gasteiger partial charge in [0.15, 0.2) is 5.11 Å². The number of nitrogens with zero attached hydrogens (tertiary/aromatic N) is 3. The van der Waals surface area contributed by atoms with E-state index in [1.807, 2.05) is 12.3 Å². The number of benzene rings is 1. The second-order valence-corrected chi connectivity index (χ2v) is 10.1. The van der Waals surface area contributed by atoms with Gasteiger partial charge in [-0.25, -0.2) is 0 Å². The minimum atomic E-state index is 0.0487. The maximum absolute atomic E-state index is 5.97. The summed E-state index contributed by atoms with van der Waals surface area (Å²) >= 11 is 5.97. The van der Waals surface area contributed by atoms with E-state index >= 15 is 0 Å². The molecule has 1 saturated carbocycles. The Morgan fingerprint density at radius 2 is 1.67 bits per heavy atom. The Balaban J connectivity index is 1.66. The van der Waals surface area contributed by atoms with E-state index < -0.39 is 0 Å². The van der Waals surface area contributed by atoms with E-state index in [0.717, 1.165) is 10.8 Å². The van der Waals surface area contributed by atoms with E-state index in [1.165, 1.54) is 65.9 Å². The first-order valence-electron chi connectivity index (χ1n) is 12.2. The van der Waals surface area contributed by atoms with Crippen LogP contribution < -0.4 is 5.32 Å². The van der Waals surface area contributed by atoms with Gasteiger partial charge in [0.25, 0.3) is 0 Å². The molecule has 1 N–H and O–H groups in total. The summed E-state index contributed by atoms with van der Waals surface area (Å²) in [6.45, 7) is 8.91. The maximum Gasteiger partial charge on any atom is 0.170 e. The largest absolute Gasteiger partial charge is 0.352 e. The van der Waals surface area contributed by atoms with Crippen molar-refractivity contribution >= 4 is 17.3 Å². The quantitative estimate of drug-likeness (QED) is 0.458. The molecule has 33 heavy (non-hydrogen) atoms. The van der Waals surface area contributed by atoms with Crippen molar-refractivity contribution in [1.82, 2.24) is 19.8 Å². The number of hydrogen-bond acceptors (Lipinski definition) is 2. The molecular weight excluding hydrogens is 424 g/mol. The van der Waals surface area contributed by atoms with Gasteiger partial charge in [-0.15, -0.1) is 0 Å². The molecule has 0 unspecified atom stereocenters. The van der Waals surface area contributed by atoms with Crippen molar-refractivity contribution in [1.29, 1.82) is 0 Å². The summed E-state index contributed by atoms with van der Waals surface area (Å²) in [5, 5.41) is 4.54. The summed E-state index contributed by atoms with van der Waals surface area (Å²) in [5.41, 5.74) is 8.86. The van der Waals surface area contributed by atoms with E-state index in [0.29, 0.717) is 6.04 Å². The van der Waals surface area contributed by atoms with E-state index in [9.17, 15) is 0 Å². The Labute approximate surface area is 203 Å². The highest BCUT2D eigenvalue weighted by Crippen LogP contribution is 2.44. The highest BCUT2D eigenvalue weighted by atomic mass is 32.1. The van der Waals surface area contributed by atoms with Crippen molar-refractivity contribution in [3.63, 3.8) is 0 Å². The SMILES string of the molecule is Cc1cccc(C)c1-n1c(C)cc([C@@H]2[C@H](c3ccccn3)NC(=S)N2C2CCCCC2)c1C. The predicted molar refractivity (Wildman–Crippen MR) is 139 cm³/mol.